The van der Waals surface area contributed by atoms with Gasteiger partial charge < -0.3 is 9.64 Å². The number of piperidine rings is 1. The van der Waals surface area contributed by atoms with Crippen LogP contribution >= 0.6 is 0 Å². The van der Waals surface area contributed by atoms with Crippen molar-refractivity contribution in [2.75, 3.05) is 46.4 Å². The second-order valence-electron chi connectivity index (χ2n) is 8.48. The molecule has 0 N–H and O–H groups in total. The lowest BCUT2D eigenvalue weighted by Gasteiger charge is -2.41. The Hall–Kier alpha value is -1.64. The molecule has 2 aliphatic rings. The van der Waals surface area contributed by atoms with E-state index in [9.17, 15) is 13.2 Å². The molecule has 0 saturated carbocycles. The largest absolute Gasteiger partial charge is 0.497 e. The Labute approximate surface area is 174 Å². The molecule has 8 heteroatoms. The fraction of sp³-hybridized carbons (Fsp3) is 0.667. The third-order valence-corrected chi connectivity index (χ3v) is 7.97. The number of nitrogens with zero attached hydrogens (tertiary/aromatic N) is 3. The van der Waals surface area contributed by atoms with E-state index < -0.39 is 10.0 Å². The highest BCUT2D eigenvalue weighted by Gasteiger charge is 2.34. The minimum Gasteiger partial charge on any atom is -0.497 e. The van der Waals surface area contributed by atoms with E-state index in [0.717, 1.165) is 13.1 Å². The molecule has 0 radical (unpaired) electrons. The average molecular weight is 424 g/mol. The summed E-state index contributed by atoms with van der Waals surface area (Å²) in [6, 6.07) is 6.24. The van der Waals surface area contributed by atoms with Crippen LogP contribution in [0.4, 0.5) is 0 Å². The van der Waals surface area contributed by atoms with Crippen molar-refractivity contribution in [2.45, 2.75) is 38.1 Å². The molecule has 29 heavy (non-hydrogen) atoms. The normalized spacial score (nSPS) is 25.6. The van der Waals surface area contributed by atoms with E-state index in [-0.39, 0.29) is 16.8 Å². The number of ether oxygens (including phenoxy) is 1. The summed E-state index contributed by atoms with van der Waals surface area (Å²) in [5, 5.41) is 0. The molecular weight excluding hydrogens is 390 g/mol. The zero-order chi connectivity index (χ0) is 21.2. The Morgan fingerprint density at radius 3 is 2.10 bits per heavy atom. The maximum Gasteiger partial charge on any atom is 0.243 e. The Bertz CT molecular complexity index is 794. The van der Waals surface area contributed by atoms with Crippen LogP contribution in [0.3, 0.4) is 0 Å². The standard InChI is InChI=1S/C21H33N3O4S/c1-16-13-17(2)15-23(14-16)21(25)18(3)22-9-11-24(12-10-22)29(26,27)20-7-5-19(28-4)6-8-20/h5-8,16-18H,9-15H2,1-4H3/t16-,17-,18+/m0/s1. The van der Waals surface area contributed by atoms with Crippen LogP contribution in [0.15, 0.2) is 29.2 Å². The van der Waals surface area contributed by atoms with E-state index >= 15 is 0 Å². The molecule has 7 nitrogen and oxygen atoms in total. The fourth-order valence-electron chi connectivity index (χ4n) is 4.49. The molecule has 1 aromatic carbocycles. The van der Waals surface area contributed by atoms with Crippen LogP contribution in [-0.4, -0.2) is 80.9 Å². The van der Waals surface area contributed by atoms with E-state index in [1.807, 2.05) is 11.8 Å². The molecule has 0 aliphatic carbocycles. The fourth-order valence-corrected chi connectivity index (χ4v) is 5.91. The highest BCUT2D eigenvalue weighted by molar-refractivity contribution is 7.89. The van der Waals surface area contributed by atoms with Gasteiger partial charge >= 0.3 is 0 Å². The lowest BCUT2D eigenvalue weighted by Crippen LogP contribution is -2.56. The predicted molar refractivity (Wildman–Crippen MR) is 112 cm³/mol. The molecule has 162 valence electrons. The predicted octanol–water partition coefficient (Wildman–Crippen LogP) is 1.89. The number of carbonyl (C=O) groups is 1. The number of hydrogen-bond donors (Lipinski definition) is 0. The summed E-state index contributed by atoms with van der Waals surface area (Å²) in [4.78, 5) is 17.4. The topological polar surface area (TPSA) is 70.2 Å². The van der Waals surface area contributed by atoms with Gasteiger partial charge in [0.25, 0.3) is 0 Å². The van der Waals surface area contributed by atoms with Crippen LogP contribution in [0.25, 0.3) is 0 Å². The molecule has 3 rings (SSSR count). The van der Waals surface area contributed by atoms with Crippen molar-refractivity contribution in [1.82, 2.24) is 14.1 Å². The molecule has 0 spiro atoms. The third-order valence-electron chi connectivity index (χ3n) is 6.06. The highest BCUT2D eigenvalue weighted by Crippen LogP contribution is 2.24. The van der Waals surface area contributed by atoms with Crippen LogP contribution in [0.2, 0.25) is 0 Å². The lowest BCUT2D eigenvalue weighted by molar-refractivity contribution is -0.139. The van der Waals surface area contributed by atoms with Gasteiger partial charge in [0.1, 0.15) is 5.75 Å². The first-order valence-corrected chi connectivity index (χ1v) is 11.8. The van der Waals surface area contributed by atoms with E-state index in [4.69, 9.17) is 4.74 Å². The van der Waals surface area contributed by atoms with Crippen LogP contribution in [0.1, 0.15) is 27.2 Å². The Morgan fingerprint density at radius 1 is 1.03 bits per heavy atom. The van der Waals surface area contributed by atoms with Crippen LogP contribution < -0.4 is 4.74 Å². The molecule has 1 amide bonds. The molecule has 0 aromatic heterocycles. The SMILES string of the molecule is COc1ccc(S(=O)(=O)N2CCN([C@H](C)C(=O)N3C[C@@H](C)C[C@H](C)C3)CC2)cc1. The summed E-state index contributed by atoms with van der Waals surface area (Å²) in [6.07, 6.45) is 1.17. The van der Waals surface area contributed by atoms with Gasteiger partial charge in [-0.15, -0.1) is 0 Å². The lowest BCUT2D eigenvalue weighted by atomic mass is 9.91. The summed E-state index contributed by atoms with van der Waals surface area (Å²) in [6.45, 7) is 9.87. The molecule has 0 unspecified atom stereocenters. The van der Waals surface area contributed by atoms with Crippen LogP contribution in [0.5, 0.6) is 5.75 Å². The summed E-state index contributed by atoms with van der Waals surface area (Å²) < 4.78 is 32.4. The maximum atomic E-state index is 13.0. The number of amides is 1. The molecule has 2 saturated heterocycles. The van der Waals surface area contributed by atoms with Gasteiger partial charge in [-0.2, -0.15) is 4.31 Å². The summed E-state index contributed by atoms with van der Waals surface area (Å²) in [7, 11) is -1.98. The second kappa shape index (κ2) is 9.02. The Morgan fingerprint density at radius 2 is 1.59 bits per heavy atom. The minimum absolute atomic E-state index is 0.162. The monoisotopic (exact) mass is 423 g/mol. The number of rotatable bonds is 5. The molecule has 1 aromatic rings. The Kier molecular flexibility index (Phi) is 6.86. The second-order valence-corrected chi connectivity index (χ2v) is 10.4. The zero-order valence-electron chi connectivity index (χ0n) is 17.9. The van der Waals surface area contributed by atoms with E-state index in [0.29, 0.717) is 43.8 Å². The highest BCUT2D eigenvalue weighted by atomic mass is 32.2. The van der Waals surface area contributed by atoms with Gasteiger partial charge in [0.2, 0.25) is 15.9 Å². The third kappa shape index (κ3) is 4.92. The van der Waals surface area contributed by atoms with Gasteiger partial charge in [-0.05, 0) is 49.4 Å². The smallest absolute Gasteiger partial charge is 0.243 e. The molecule has 2 fully saturated rings. The van der Waals surface area contributed by atoms with Gasteiger partial charge in [-0.25, -0.2) is 8.42 Å². The molecule has 2 heterocycles. The van der Waals surface area contributed by atoms with Gasteiger partial charge in [0.05, 0.1) is 18.0 Å². The number of benzene rings is 1. The summed E-state index contributed by atoms with van der Waals surface area (Å²) in [5.74, 6) is 1.85. The van der Waals surface area contributed by atoms with Crippen LogP contribution in [-0.2, 0) is 14.8 Å². The van der Waals surface area contributed by atoms with Crippen molar-refractivity contribution in [3.8, 4) is 5.75 Å². The average Bonchev–Trinajstić information content (AvgIpc) is 2.72. The first-order valence-electron chi connectivity index (χ1n) is 10.4. The first-order chi connectivity index (χ1) is 13.7. The number of likely N-dealkylation sites (tertiary alicyclic amines) is 1. The first kappa shape index (κ1) is 22.1. The van der Waals surface area contributed by atoms with Gasteiger partial charge in [0, 0.05) is 39.3 Å². The zero-order valence-corrected chi connectivity index (χ0v) is 18.7. The molecule has 2 aliphatic heterocycles. The molecular formula is C21H33N3O4S. The molecule has 3 atom stereocenters. The van der Waals surface area contributed by atoms with Crippen molar-refractivity contribution in [3.05, 3.63) is 24.3 Å². The van der Waals surface area contributed by atoms with Crippen molar-refractivity contribution in [2.24, 2.45) is 11.8 Å². The summed E-state index contributed by atoms with van der Waals surface area (Å²) >= 11 is 0. The minimum atomic E-state index is -3.54. The van der Waals surface area contributed by atoms with Crippen molar-refractivity contribution in [1.29, 1.82) is 0 Å². The van der Waals surface area contributed by atoms with Crippen molar-refractivity contribution < 1.29 is 17.9 Å². The maximum absolute atomic E-state index is 13.0. The van der Waals surface area contributed by atoms with Crippen molar-refractivity contribution >= 4 is 15.9 Å². The number of piperazine rings is 1. The van der Waals surface area contributed by atoms with Gasteiger partial charge in [-0.3, -0.25) is 9.69 Å². The van der Waals surface area contributed by atoms with E-state index in [1.165, 1.54) is 10.7 Å². The van der Waals surface area contributed by atoms with E-state index in [1.54, 1.807) is 31.4 Å². The number of carbonyl (C=O) groups excluding carboxylic acids is 1. The quantitative estimate of drug-likeness (QED) is 0.723. The van der Waals surface area contributed by atoms with Gasteiger partial charge in [0.15, 0.2) is 0 Å². The number of hydrogen-bond acceptors (Lipinski definition) is 5. The van der Waals surface area contributed by atoms with Crippen molar-refractivity contribution in [3.63, 3.8) is 0 Å². The number of methoxy groups -OCH3 is 1. The van der Waals surface area contributed by atoms with Gasteiger partial charge in [-0.1, -0.05) is 13.8 Å². The molecule has 0 bridgehead atoms. The van der Waals surface area contributed by atoms with E-state index in [2.05, 4.69) is 18.7 Å². The summed E-state index contributed by atoms with van der Waals surface area (Å²) in [5.41, 5.74) is 0. The number of sulfonamides is 1. The van der Waals surface area contributed by atoms with Crippen LogP contribution in [0, 0.1) is 11.8 Å². The Balaban J connectivity index is 1.59.